The van der Waals surface area contributed by atoms with Crippen molar-refractivity contribution in [2.45, 2.75) is 52.0 Å². The van der Waals surface area contributed by atoms with E-state index in [2.05, 4.69) is 34.3 Å². The van der Waals surface area contributed by atoms with E-state index in [0.717, 1.165) is 26.2 Å². The second-order valence-electron chi connectivity index (χ2n) is 5.42. The number of aromatic nitrogens is 1. The van der Waals surface area contributed by atoms with Crippen molar-refractivity contribution in [1.29, 1.82) is 0 Å². The van der Waals surface area contributed by atoms with E-state index in [1.807, 2.05) is 6.20 Å². The zero-order chi connectivity index (χ0) is 13.3. The molecule has 0 unspecified atom stereocenters. The Hall–Kier alpha value is -1.09. The molecule has 1 aromatic heterocycles. The molecule has 0 amide bonds. The first-order valence-electron chi connectivity index (χ1n) is 7.81. The SMILES string of the molecule is CCCNCc1cccnc1N1CCCCCCC1. The van der Waals surface area contributed by atoms with Gasteiger partial charge in [-0.3, -0.25) is 0 Å². The first-order valence-corrected chi connectivity index (χ1v) is 7.81. The molecule has 1 aliphatic rings. The van der Waals surface area contributed by atoms with Gasteiger partial charge in [0.15, 0.2) is 0 Å². The Kier molecular flexibility index (Phi) is 6.15. The molecule has 2 rings (SSSR count). The van der Waals surface area contributed by atoms with Crippen LogP contribution >= 0.6 is 0 Å². The van der Waals surface area contributed by atoms with Crippen LogP contribution in [0.25, 0.3) is 0 Å². The summed E-state index contributed by atoms with van der Waals surface area (Å²) in [6, 6.07) is 4.26. The Labute approximate surface area is 117 Å². The number of nitrogens with one attached hydrogen (secondary N) is 1. The molecule has 1 fully saturated rings. The molecule has 3 heteroatoms. The molecule has 0 radical (unpaired) electrons. The van der Waals surface area contributed by atoms with E-state index in [4.69, 9.17) is 0 Å². The second kappa shape index (κ2) is 8.16. The molecule has 1 saturated heterocycles. The van der Waals surface area contributed by atoms with Crippen LogP contribution in [0, 0.1) is 0 Å². The Morgan fingerprint density at radius 1 is 1.16 bits per heavy atom. The lowest BCUT2D eigenvalue weighted by molar-refractivity contribution is 0.551. The van der Waals surface area contributed by atoms with Gasteiger partial charge in [-0.2, -0.15) is 0 Å². The Morgan fingerprint density at radius 2 is 1.89 bits per heavy atom. The normalized spacial score (nSPS) is 17.0. The summed E-state index contributed by atoms with van der Waals surface area (Å²) in [4.78, 5) is 7.13. The van der Waals surface area contributed by atoms with E-state index < -0.39 is 0 Å². The fourth-order valence-corrected chi connectivity index (χ4v) is 2.71. The van der Waals surface area contributed by atoms with E-state index in [1.165, 1.54) is 49.9 Å². The summed E-state index contributed by atoms with van der Waals surface area (Å²) >= 11 is 0. The van der Waals surface area contributed by atoms with Gasteiger partial charge in [-0.1, -0.05) is 32.3 Å². The van der Waals surface area contributed by atoms with Gasteiger partial charge in [0.2, 0.25) is 0 Å². The molecule has 1 aliphatic heterocycles. The number of hydrogen-bond donors (Lipinski definition) is 1. The monoisotopic (exact) mass is 261 g/mol. The van der Waals surface area contributed by atoms with Crippen LogP contribution in [0.3, 0.4) is 0 Å². The van der Waals surface area contributed by atoms with Crippen molar-refractivity contribution in [3.05, 3.63) is 23.9 Å². The van der Waals surface area contributed by atoms with Crippen molar-refractivity contribution in [2.75, 3.05) is 24.5 Å². The van der Waals surface area contributed by atoms with Crippen LogP contribution in [-0.4, -0.2) is 24.6 Å². The topological polar surface area (TPSA) is 28.2 Å². The number of anilines is 1. The molecule has 106 valence electrons. The lowest BCUT2D eigenvalue weighted by Gasteiger charge is -2.27. The largest absolute Gasteiger partial charge is 0.356 e. The fraction of sp³-hybridized carbons (Fsp3) is 0.688. The Balaban J connectivity index is 2.03. The van der Waals surface area contributed by atoms with E-state index in [1.54, 1.807) is 0 Å². The molecule has 0 atom stereocenters. The molecule has 3 nitrogen and oxygen atoms in total. The van der Waals surface area contributed by atoms with Crippen molar-refractivity contribution in [1.82, 2.24) is 10.3 Å². The Morgan fingerprint density at radius 3 is 2.63 bits per heavy atom. The van der Waals surface area contributed by atoms with Gasteiger partial charge in [0, 0.05) is 31.4 Å². The maximum Gasteiger partial charge on any atom is 0.133 e. The third-order valence-electron chi connectivity index (χ3n) is 3.77. The summed E-state index contributed by atoms with van der Waals surface area (Å²) in [5.41, 5.74) is 1.34. The molecule has 2 heterocycles. The van der Waals surface area contributed by atoms with Gasteiger partial charge in [-0.25, -0.2) is 4.98 Å². The van der Waals surface area contributed by atoms with Gasteiger partial charge < -0.3 is 10.2 Å². The molecule has 1 aromatic rings. The van der Waals surface area contributed by atoms with E-state index in [9.17, 15) is 0 Å². The van der Waals surface area contributed by atoms with Crippen molar-refractivity contribution < 1.29 is 0 Å². The highest BCUT2D eigenvalue weighted by Crippen LogP contribution is 2.20. The molecular formula is C16H27N3. The van der Waals surface area contributed by atoms with Crippen LogP contribution in [0.5, 0.6) is 0 Å². The summed E-state index contributed by atoms with van der Waals surface area (Å²) in [6.45, 7) is 6.55. The van der Waals surface area contributed by atoms with E-state index in [-0.39, 0.29) is 0 Å². The Bertz CT molecular complexity index is 357. The molecule has 1 N–H and O–H groups in total. The van der Waals surface area contributed by atoms with Crippen molar-refractivity contribution in [2.24, 2.45) is 0 Å². The zero-order valence-electron chi connectivity index (χ0n) is 12.2. The number of pyridine rings is 1. The van der Waals surface area contributed by atoms with E-state index in [0.29, 0.717) is 0 Å². The summed E-state index contributed by atoms with van der Waals surface area (Å²) in [7, 11) is 0. The van der Waals surface area contributed by atoms with Crippen molar-refractivity contribution in [3.8, 4) is 0 Å². The van der Waals surface area contributed by atoms with Crippen LogP contribution < -0.4 is 10.2 Å². The maximum atomic E-state index is 4.64. The molecule has 0 aliphatic carbocycles. The van der Waals surface area contributed by atoms with Crippen LogP contribution in [0.15, 0.2) is 18.3 Å². The predicted molar refractivity (Wildman–Crippen MR) is 81.5 cm³/mol. The van der Waals surface area contributed by atoms with Gasteiger partial charge in [-0.15, -0.1) is 0 Å². The van der Waals surface area contributed by atoms with Crippen LogP contribution in [0.4, 0.5) is 5.82 Å². The molecular weight excluding hydrogens is 234 g/mol. The average Bonchev–Trinajstić information content (AvgIpc) is 2.40. The number of hydrogen-bond acceptors (Lipinski definition) is 3. The predicted octanol–water partition coefficient (Wildman–Crippen LogP) is 3.35. The first-order chi connectivity index (χ1) is 9.42. The van der Waals surface area contributed by atoms with Crippen LogP contribution in [0.1, 0.15) is 51.0 Å². The minimum Gasteiger partial charge on any atom is -0.356 e. The molecule has 0 aromatic carbocycles. The maximum absolute atomic E-state index is 4.64. The van der Waals surface area contributed by atoms with Crippen LogP contribution in [0.2, 0.25) is 0 Å². The lowest BCUT2D eigenvalue weighted by Crippen LogP contribution is -2.29. The summed E-state index contributed by atoms with van der Waals surface area (Å²) < 4.78 is 0. The smallest absolute Gasteiger partial charge is 0.133 e. The lowest BCUT2D eigenvalue weighted by atomic mass is 10.1. The minimum atomic E-state index is 0.938. The highest BCUT2D eigenvalue weighted by Gasteiger charge is 2.13. The third kappa shape index (κ3) is 4.50. The van der Waals surface area contributed by atoms with Gasteiger partial charge >= 0.3 is 0 Å². The highest BCUT2D eigenvalue weighted by molar-refractivity contribution is 5.46. The molecule has 0 saturated carbocycles. The van der Waals surface area contributed by atoms with Crippen molar-refractivity contribution in [3.63, 3.8) is 0 Å². The van der Waals surface area contributed by atoms with Gasteiger partial charge in [0.1, 0.15) is 5.82 Å². The molecule has 19 heavy (non-hydrogen) atoms. The standard InChI is InChI=1S/C16H27N3/c1-2-10-17-14-15-9-8-11-18-16(15)19-12-6-4-3-5-7-13-19/h8-9,11,17H,2-7,10,12-14H2,1H3. The average molecular weight is 261 g/mol. The number of rotatable bonds is 5. The third-order valence-corrected chi connectivity index (χ3v) is 3.77. The second-order valence-corrected chi connectivity index (χ2v) is 5.42. The quantitative estimate of drug-likeness (QED) is 0.824. The first kappa shape index (κ1) is 14.3. The van der Waals surface area contributed by atoms with Gasteiger partial charge in [0.05, 0.1) is 0 Å². The van der Waals surface area contributed by atoms with Crippen molar-refractivity contribution >= 4 is 5.82 Å². The summed E-state index contributed by atoms with van der Waals surface area (Å²) in [6.07, 6.45) is 9.86. The zero-order valence-corrected chi connectivity index (χ0v) is 12.2. The highest BCUT2D eigenvalue weighted by atomic mass is 15.2. The van der Waals surface area contributed by atoms with E-state index >= 15 is 0 Å². The summed E-state index contributed by atoms with van der Waals surface area (Å²) in [5.74, 6) is 1.20. The minimum absolute atomic E-state index is 0.938. The fourth-order valence-electron chi connectivity index (χ4n) is 2.71. The summed E-state index contributed by atoms with van der Waals surface area (Å²) in [5, 5.41) is 3.49. The van der Waals surface area contributed by atoms with Gasteiger partial charge in [0.25, 0.3) is 0 Å². The van der Waals surface area contributed by atoms with Gasteiger partial charge in [-0.05, 0) is 31.9 Å². The molecule has 0 bridgehead atoms. The van der Waals surface area contributed by atoms with Crippen LogP contribution in [-0.2, 0) is 6.54 Å². The number of nitrogens with zero attached hydrogens (tertiary/aromatic N) is 2. The molecule has 0 spiro atoms.